The van der Waals surface area contributed by atoms with Crippen molar-refractivity contribution < 1.29 is 28.2 Å². The van der Waals surface area contributed by atoms with Gasteiger partial charge in [0.1, 0.15) is 0 Å². The summed E-state index contributed by atoms with van der Waals surface area (Å²) in [6, 6.07) is 15.8. The molecular weight excluding hydrogens is 432 g/mol. The van der Waals surface area contributed by atoms with Gasteiger partial charge in [-0.15, -0.1) is 0 Å². The van der Waals surface area contributed by atoms with E-state index in [-0.39, 0.29) is 22.0 Å². The number of nitrogens with one attached hydrogen (secondary N) is 2. The number of amides is 1. The number of phenolic OH excluding ortho intramolecular Hbond substituents is 2. The Hall–Kier alpha value is -3.69. The van der Waals surface area contributed by atoms with Crippen LogP contribution in [0.15, 0.2) is 71.6 Å². The van der Waals surface area contributed by atoms with Crippen molar-refractivity contribution in [3.8, 4) is 11.5 Å². The Balaban J connectivity index is 1.42. The average molecular weight is 452 g/mol. The number of sulfonamides is 1. The summed E-state index contributed by atoms with van der Waals surface area (Å²) in [5, 5.41) is 21.5. The monoisotopic (exact) mass is 452 g/mol. The van der Waals surface area contributed by atoms with Gasteiger partial charge in [0.05, 0.1) is 4.90 Å². The summed E-state index contributed by atoms with van der Waals surface area (Å²) in [4.78, 5) is 25.1. The van der Waals surface area contributed by atoms with E-state index in [1.807, 2.05) is 0 Å². The van der Waals surface area contributed by atoms with Crippen LogP contribution in [0.25, 0.3) is 0 Å². The lowest BCUT2D eigenvalue weighted by Gasteiger charge is -2.23. The first-order chi connectivity index (χ1) is 15.2. The van der Waals surface area contributed by atoms with E-state index in [4.69, 9.17) is 0 Å². The van der Waals surface area contributed by atoms with E-state index >= 15 is 0 Å². The molecule has 0 radical (unpaired) electrons. The van der Waals surface area contributed by atoms with E-state index < -0.39 is 27.8 Å². The number of carbonyl (C=O) groups is 2. The van der Waals surface area contributed by atoms with Crippen LogP contribution in [0.2, 0.25) is 0 Å². The van der Waals surface area contributed by atoms with Gasteiger partial charge in [0, 0.05) is 11.3 Å². The fourth-order valence-corrected chi connectivity index (χ4v) is 4.85. The van der Waals surface area contributed by atoms with Crippen LogP contribution in [0.3, 0.4) is 0 Å². The Morgan fingerprint density at radius 2 is 1.56 bits per heavy atom. The zero-order valence-electron chi connectivity index (χ0n) is 16.8. The molecule has 0 saturated heterocycles. The molecule has 1 aliphatic heterocycles. The fourth-order valence-electron chi connectivity index (χ4n) is 3.49. The number of ketones is 1. The van der Waals surface area contributed by atoms with Crippen LogP contribution >= 0.6 is 0 Å². The highest BCUT2D eigenvalue weighted by atomic mass is 32.2. The molecule has 1 heterocycles. The Labute approximate surface area is 184 Å². The van der Waals surface area contributed by atoms with Gasteiger partial charge in [-0.05, 0) is 60.4 Å². The molecule has 0 aromatic heterocycles. The maximum atomic E-state index is 12.6. The quantitative estimate of drug-likeness (QED) is 0.347. The first kappa shape index (κ1) is 21.5. The topological polar surface area (TPSA) is 133 Å². The smallest absolute Gasteiger partial charge is 0.250 e. The molecule has 0 fully saturated rings. The molecule has 4 rings (SSSR count). The second-order valence-corrected chi connectivity index (χ2v) is 9.11. The van der Waals surface area contributed by atoms with E-state index in [9.17, 15) is 28.2 Å². The minimum atomic E-state index is -3.97. The van der Waals surface area contributed by atoms with E-state index in [1.54, 1.807) is 36.4 Å². The number of anilines is 1. The fraction of sp³-hybridized carbons (Fsp3) is 0.130. The predicted molar refractivity (Wildman–Crippen MR) is 117 cm³/mol. The second-order valence-electron chi connectivity index (χ2n) is 7.42. The first-order valence-corrected chi connectivity index (χ1v) is 11.3. The molecule has 1 aliphatic rings. The molecule has 8 nitrogen and oxygen atoms in total. The number of benzene rings is 3. The van der Waals surface area contributed by atoms with Gasteiger partial charge in [-0.1, -0.05) is 30.3 Å². The largest absolute Gasteiger partial charge is 0.504 e. The van der Waals surface area contributed by atoms with Crippen molar-refractivity contribution in [2.45, 2.75) is 23.8 Å². The van der Waals surface area contributed by atoms with Gasteiger partial charge in [0.2, 0.25) is 10.0 Å². The van der Waals surface area contributed by atoms with Gasteiger partial charge >= 0.3 is 0 Å². The minimum Gasteiger partial charge on any atom is -0.504 e. The first-order valence-electron chi connectivity index (χ1n) is 9.81. The number of rotatable bonds is 5. The van der Waals surface area contributed by atoms with Crippen molar-refractivity contribution in [2.24, 2.45) is 0 Å². The van der Waals surface area contributed by atoms with Gasteiger partial charge in [-0.25, -0.2) is 8.42 Å². The maximum absolute atomic E-state index is 12.6. The number of aryl methyl sites for hydroxylation is 2. The molecule has 0 spiro atoms. The van der Waals surface area contributed by atoms with E-state index in [0.29, 0.717) is 18.5 Å². The third kappa shape index (κ3) is 4.34. The number of phenols is 2. The minimum absolute atomic E-state index is 0.0120. The maximum Gasteiger partial charge on any atom is 0.250 e. The van der Waals surface area contributed by atoms with Gasteiger partial charge in [-0.3, -0.25) is 9.59 Å². The molecule has 1 unspecified atom stereocenters. The molecule has 164 valence electrons. The van der Waals surface area contributed by atoms with Crippen molar-refractivity contribution in [1.82, 2.24) is 4.72 Å². The number of Topliss-reactive ketones (excluding diaryl/α,β-unsaturated/α-hetero) is 1. The average Bonchev–Trinajstić information content (AvgIpc) is 2.78. The van der Waals surface area contributed by atoms with Crippen LogP contribution in [0, 0.1) is 0 Å². The van der Waals surface area contributed by atoms with Gasteiger partial charge in [-0.2, -0.15) is 4.72 Å². The summed E-state index contributed by atoms with van der Waals surface area (Å²) in [5.74, 6) is -1.71. The molecule has 0 bridgehead atoms. The highest BCUT2D eigenvalue weighted by Gasteiger charge is 2.40. The Kier molecular flexibility index (Phi) is 5.68. The van der Waals surface area contributed by atoms with Crippen molar-refractivity contribution in [3.05, 3.63) is 83.4 Å². The summed E-state index contributed by atoms with van der Waals surface area (Å²) in [7, 11) is -3.97. The zero-order valence-corrected chi connectivity index (χ0v) is 17.6. The summed E-state index contributed by atoms with van der Waals surface area (Å²) in [5.41, 5.74) is 2.24. The third-order valence-electron chi connectivity index (χ3n) is 5.20. The molecule has 1 atom stereocenters. The second kappa shape index (κ2) is 8.45. The molecule has 3 aromatic carbocycles. The van der Waals surface area contributed by atoms with E-state index in [2.05, 4.69) is 10.0 Å². The number of carbonyl (C=O) groups excluding carboxylic acids is 2. The summed E-state index contributed by atoms with van der Waals surface area (Å²) < 4.78 is 26.9. The van der Waals surface area contributed by atoms with Crippen LogP contribution in [0.4, 0.5) is 5.69 Å². The Bertz CT molecular complexity index is 1300. The van der Waals surface area contributed by atoms with Crippen molar-refractivity contribution in [3.63, 3.8) is 0 Å². The highest BCUT2D eigenvalue weighted by molar-refractivity contribution is 7.89. The number of hydrogen-bond donors (Lipinski definition) is 4. The van der Waals surface area contributed by atoms with E-state index in [0.717, 1.165) is 11.1 Å². The standard InChI is InChI=1S/C23H20N2O6S/c26-18-12-9-15(13-19(18)27)6-5-14-7-10-16(11-8-14)24-23(29)21-22(28)17-3-1-2-4-20(17)32(30,31)25-21/h1-4,7-13,21,25-27H,5-6H2,(H,24,29). The van der Waals surface area contributed by atoms with Crippen molar-refractivity contribution in [2.75, 3.05) is 5.32 Å². The molecule has 0 aliphatic carbocycles. The molecule has 1 amide bonds. The molecule has 0 saturated carbocycles. The number of aromatic hydroxyl groups is 2. The lowest BCUT2D eigenvalue weighted by Crippen LogP contribution is -2.52. The van der Waals surface area contributed by atoms with Crippen molar-refractivity contribution in [1.29, 1.82) is 0 Å². The SMILES string of the molecule is O=C(Nc1ccc(CCc2ccc(O)c(O)c2)cc1)C1NS(=O)(=O)c2ccccc2C1=O. The molecule has 9 heteroatoms. The third-order valence-corrected chi connectivity index (χ3v) is 6.68. The number of hydrogen-bond acceptors (Lipinski definition) is 6. The van der Waals surface area contributed by atoms with Crippen LogP contribution < -0.4 is 10.0 Å². The molecular formula is C23H20N2O6S. The predicted octanol–water partition coefficient (Wildman–Crippen LogP) is 2.36. The Morgan fingerprint density at radius 1 is 0.906 bits per heavy atom. The Morgan fingerprint density at radius 3 is 2.28 bits per heavy atom. The van der Waals surface area contributed by atoms with Crippen LogP contribution in [0.1, 0.15) is 21.5 Å². The van der Waals surface area contributed by atoms with Crippen LogP contribution in [-0.2, 0) is 27.7 Å². The van der Waals surface area contributed by atoms with Gasteiger partial charge in [0.15, 0.2) is 23.3 Å². The molecule has 3 aromatic rings. The lowest BCUT2D eigenvalue weighted by molar-refractivity contribution is -0.116. The number of fused-ring (bicyclic) bond motifs is 1. The summed E-state index contributed by atoms with van der Waals surface area (Å²) in [6.07, 6.45) is 1.30. The van der Waals surface area contributed by atoms with Crippen molar-refractivity contribution >= 4 is 27.4 Å². The van der Waals surface area contributed by atoms with Crippen LogP contribution in [0.5, 0.6) is 11.5 Å². The van der Waals surface area contributed by atoms with Crippen LogP contribution in [-0.4, -0.2) is 36.4 Å². The molecule has 32 heavy (non-hydrogen) atoms. The lowest BCUT2D eigenvalue weighted by atomic mass is 10.0. The zero-order chi connectivity index (χ0) is 22.9. The normalized spacial score (nSPS) is 16.9. The molecule has 4 N–H and O–H groups in total. The van der Waals surface area contributed by atoms with Gasteiger partial charge in [0.25, 0.3) is 5.91 Å². The van der Waals surface area contributed by atoms with E-state index in [1.165, 1.54) is 30.3 Å². The summed E-state index contributed by atoms with van der Waals surface area (Å²) >= 11 is 0. The summed E-state index contributed by atoms with van der Waals surface area (Å²) in [6.45, 7) is 0. The van der Waals surface area contributed by atoms with Gasteiger partial charge < -0.3 is 15.5 Å². The highest BCUT2D eigenvalue weighted by Crippen LogP contribution is 2.26.